The van der Waals surface area contributed by atoms with E-state index < -0.39 is 0 Å². The summed E-state index contributed by atoms with van der Waals surface area (Å²) in [5.74, 6) is 1.09. The Morgan fingerprint density at radius 1 is 1.35 bits per heavy atom. The molecule has 31 heavy (non-hydrogen) atoms. The summed E-state index contributed by atoms with van der Waals surface area (Å²) in [6.45, 7) is 0. The van der Waals surface area contributed by atoms with Crippen LogP contribution in [0.1, 0.15) is 52.7 Å². The number of nitrogens with one attached hydrogen (secondary N) is 2. The minimum absolute atomic E-state index is 0.172. The summed E-state index contributed by atoms with van der Waals surface area (Å²) in [5, 5.41) is 7.68. The van der Waals surface area contributed by atoms with E-state index in [4.69, 9.17) is 0 Å². The number of thioether (sulfide) groups is 1. The van der Waals surface area contributed by atoms with Crippen LogP contribution in [0.25, 0.3) is 11.4 Å². The molecule has 0 unspecified atom stereocenters. The minimum atomic E-state index is -0.383. The van der Waals surface area contributed by atoms with Crippen molar-refractivity contribution in [3.63, 3.8) is 0 Å². The van der Waals surface area contributed by atoms with Gasteiger partial charge in [0.2, 0.25) is 0 Å². The van der Waals surface area contributed by atoms with Crippen molar-refractivity contribution in [2.24, 2.45) is 7.05 Å². The van der Waals surface area contributed by atoms with Crippen molar-refractivity contribution in [3.05, 3.63) is 63.6 Å². The van der Waals surface area contributed by atoms with E-state index in [9.17, 15) is 9.59 Å². The van der Waals surface area contributed by atoms with Gasteiger partial charge in [-0.25, -0.2) is 4.98 Å². The highest BCUT2D eigenvalue weighted by Gasteiger charge is 2.26. The Kier molecular flexibility index (Phi) is 6.50. The first-order valence-electron chi connectivity index (χ1n) is 10.4. The molecule has 2 N–H and O–H groups in total. The first kappa shape index (κ1) is 21.3. The van der Waals surface area contributed by atoms with Crippen molar-refractivity contribution < 1.29 is 4.79 Å². The summed E-state index contributed by atoms with van der Waals surface area (Å²) in [7, 11) is 1.82. The summed E-state index contributed by atoms with van der Waals surface area (Å²) in [4.78, 5) is 37.2. The van der Waals surface area contributed by atoms with Crippen molar-refractivity contribution in [1.29, 1.82) is 0 Å². The van der Waals surface area contributed by atoms with Gasteiger partial charge < -0.3 is 10.3 Å². The number of carbonyl (C=O) groups is 1. The molecule has 0 radical (unpaired) electrons. The number of amides is 1. The lowest BCUT2D eigenvalue weighted by Gasteiger charge is -2.19. The molecule has 1 amide bonds. The molecule has 1 atom stereocenters. The van der Waals surface area contributed by atoms with Crippen LogP contribution in [0.4, 0.5) is 0 Å². The van der Waals surface area contributed by atoms with E-state index in [2.05, 4.69) is 25.4 Å². The smallest absolute Gasteiger partial charge is 0.270 e. The predicted molar refractivity (Wildman–Crippen MR) is 121 cm³/mol. The van der Waals surface area contributed by atoms with E-state index >= 15 is 0 Å². The van der Waals surface area contributed by atoms with Crippen molar-refractivity contribution in [2.75, 3.05) is 12.0 Å². The zero-order chi connectivity index (χ0) is 21.8. The van der Waals surface area contributed by atoms with Gasteiger partial charge in [0.25, 0.3) is 11.5 Å². The number of fused-ring (bicyclic) bond motifs is 1. The average Bonchev–Trinajstić information content (AvgIpc) is 3.12. The fourth-order valence-corrected chi connectivity index (χ4v) is 4.49. The number of rotatable bonds is 7. The zero-order valence-electron chi connectivity index (χ0n) is 17.7. The van der Waals surface area contributed by atoms with E-state index in [-0.39, 0.29) is 17.5 Å². The maximum Gasteiger partial charge on any atom is 0.270 e. The highest BCUT2D eigenvalue weighted by molar-refractivity contribution is 7.98. The number of H-pyrrole nitrogens is 1. The van der Waals surface area contributed by atoms with Gasteiger partial charge in [-0.3, -0.25) is 19.3 Å². The van der Waals surface area contributed by atoms with Crippen LogP contribution in [0.2, 0.25) is 0 Å². The third-order valence-electron chi connectivity index (χ3n) is 5.50. The topological polar surface area (TPSA) is 106 Å². The molecule has 162 valence electrons. The highest BCUT2D eigenvalue weighted by atomic mass is 32.2. The number of pyridine rings is 1. The summed E-state index contributed by atoms with van der Waals surface area (Å²) in [5.41, 5.74) is 3.68. The molecule has 0 saturated heterocycles. The second-order valence-corrected chi connectivity index (χ2v) is 8.66. The molecule has 3 aromatic rings. The van der Waals surface area contributed by atoms with E-state index in [1.807, 2.05) is 19.4 Å². The fraction of sp³-hybridized carbons (Fsp3) is 0.409. The van der Waals surface area contributed by atoms with Crippen molar-refractivity contribution in [2.45, 2.75) is 38.1 Å². The Labute approximate surface area is 184 Å². The van der Waals surface area contributed by atoms with Crippen LogP contribution in [0.3, 0.4) is 0 Å². The molecule has 1 aliphatic rings. The lowest BCUT2D eigenvalue weighted by Crippen LogP contribution is -2.32. The molecule has 0 spiro atoms. The first-order chi connectivity index (χ1) is 15.1. The lowest BCUT2D eigenvalue weighted by atomic mass is 9.95. The first-order valence-corrected chi connectivity index (χ1v) is 11.8. The van der Waals surface area contributed by atoms with Gasteiger partial charge in [-0.05, 0) is 56.2 Å². The number of hydrogen-bond donors (Lipinski definition) is 2. The van der Waals surface area contributed by atoms with Crippen molar-refractivity contribution in [1.82, 2.24) is 30.0 Å². The second-order valence-electron chi connectivity index (χ2n) is 7.67. The monoisotopic (exact) mass is 438 g/mol. The Hall–Kier alpha value is -2.94. The van der Waals surface area contributed by atoms with Gasteiger partial charge in [0.05, 0.1) is 17.4 Å². The molecule has 9 heteroatoms. The Morgan fingerprint density at radius 3 is 2.97 bits per heavy atom. The van der Waals surface area contributed by atoms with Gasteiger partial charge >= 0.3 is 0 Å². The van der Waals surface area contributed by atoms with Gasteiger partial charge in [0.15, 0.2) is 0 Å². The Balaban J connectivity index is 1.66. The third-order valence-corrected chi connectivity index (χ3v) is 6.15. The van der Waals surface area contributed by atoms with E-state index in [0.29, 0.717) is 23.6 Å². The molecule has 0 fully saturated rings. The normalized spacial score (nSPS) is 14.1. The van der Waals surface area contributed by atoms with E-state index in [1.165, 1.54) is 6.07 Å². The molecule has 8 nitrogen and oxygen atoms in total. The average molecular weight is 439 g/mol. The van der Waals surface area contributed by atoms with E-state index in [0.717, 1.165) is 48.3 Å². The Bertz CT molecular complexity index is 1120. The number of carbonyl (C=O) groups excluding carboxylic acids is 1. The number of aryl methyl sites for hydroxylation is 2. The lowest BCUT2D eigenvalue weighted by molar-refractivity contribution is 0.0924. The van der Waals surface area contributed by atoms with Gasteiger partial charge in [-0.2, -0.15) is 16.9 Å². The van der Waals surface area contributed by atoms with Gasteiger partial charge in [0.1, 0.15) is 11.5 Å². The standard InChI is InChI=1S/C22H26N6O2S/c1-28-20(15-7-3-4-8-16(15)27-28)22(30)25-17(9-11-31-2)18-12-19(29)26-21(24-18)14-6-5-10-23-13-14/h5-6,10,12-13,17H,3-4,7-9,11H2,1-2H3,(H,25,30)(H,24,26,29)/t17-/m0/s1. The largest absolute Gasteiger partial charge is 0.342 e. The number of aromatic nitrogens is 5. The zero-order valence-corrected chi connectivity index (χ0v) is 18.5. The van der Waals surface area contributed by atoms with Gasteiger partial charge in [-0.15, -0.1) is 0 Å². The third kappa shape index (κ3) is 4.71. The van der Waals surface area contributed by atoms with Crippen LogP contribution in [-0.4, -0.2) is 42.6 Å². The van der Waals surface area contributed by atoms with Crippen LogP contribution in [0, 0.1) is 0 Å². The number of hydrogen-bond acceptors (Lipinski definition) is 6. The molecule has 3 heterocycles. The van der Waals surface area contributed by atoms with Crippen LogP contribution >= 0.6 is 11.8 Å². The van der Waals surface area contributed by atoms with Crippen molar-refractivity contribution in [3.8, 4) is 11.4 Å². The summed E-state index contributed by atoms with van der Waals surface area (Å²) in [6.07, 6.45) is 9.96. The molecular formula is C22H26N6O2S. The van der Waals surface area contributed by atoms with Crippen LogP contribution in [0.5, 0.6) is 0 Å². The quantitative estimate of drug-likeness (QED) is 0.588. The fourth-order valence-electron chi connectivity index (χ4n) is 4.02. The molecule has 3 aromatic heterocycles. The molecule has 4 rings (SSSR count). The SMILES string of the molecule is CSCC[C@H](NC(=O)c1c2c(nn1C)CCCC2)c1cc(=O)[nH]c(-c2cccnc2)n1. The summed E-state index contributed by atoms with van der Waals surface area (Å²) in [6, 6.07) is 4.71. The summed E-state index contributed by atoms with van der Waals surface area (Å²) >= 11 is 1.69. The number of aromatic amines is 1. The predicted octanol–water partition coefficient (Wildman–Crippen LogP) is 2.67. The second kappa shape index (κ2) is 9.47. The molecule has 0 aromatic carbocycles. The molecular weight excluding hydrogens is 412 g/mol. The number of nitrogens with zero attached hydrogens (tertiary/aromatic N) is 4. The molecule has 0 aliphatic heterocycles. The van der Waals surface area contributed by atoms with Gasteiger partial charge in [0, 0.05) is 36.6 Å². The van der Waals surface area contributed by atoms with Crippen LogP contribution in [-0.2, 0) is 19.9 Å². The summed E-state index contributed by atoms with van der Waals surface area (Å²) < 4.78 is 1.68. The maximum atomic E-state index is 13.3. The van der Waals surface area contributed by atoms with E-state index in [1.54, 1.807) is 34.9 Å². The molecule has 0 saturated carbocycles. The van der Waals surface area contributed by atoms with Crippen LogP contribution < -0.4 is 10.9 Å². The van der Waals surface area contributed by atoms with Crippen LogP contribution in [0.15, 0.2) is 35.4 Å². The maximum absolute atomic E-state index is 13.3. The van der Waals surface area contributed by atoms with Crippen molar-refractivity contribution >= 4 is 17.7 Å². The molecule has 0 bridgehead atoms. The molecule has 1 aliphatic carbocycles. The minimum Gasteiger partial charge on any atom is -0.342 e. The van der Waals surface area contributed by atoms with Gasteiger partial charge in [-0.1, -0.05) is 0 Å². The highest BCUT2D eigenvalue weighted by Crippen LogP contribution is 2.25. The Morgan fingerprint density at radius 2 is 2.19 bits per heavy atom.